The molecule has 1 N–H and O–H groups in total. The maximum absolute atomic E-state index is 13.2. The second-order valence-electron chi connectivity index (χ2n) is 10.7. The molecule has 0 saturated carbocycles. The van der Waals surface area contributed by atoms with E-state index in [4.69, 9.17) is 0 Å². The number of aromatic nitrogens is 1. The zero-order chi connectivity index (χ0) is 30.4. The quantitative estimate of drug-likeness (QED) is 0.172. The number of unbranched alkanes of at least 4 members (excludes halogenated alkanes) is 1. The molecular formula is C35H50N4O3. The Kier molecular flexibility index (Phi) is 17.3. The molecule has 0 radical (unpaired) electrons. The molecule has 228 valence electrons. The van der Waals surface area contributed by atoms with Gasteiger partial charge in [0, 0.05) is 45.0 Å². The highest BCUT2D eigenvalue weighted by Crippen LogP contribution is 2.12. The number of allylic oxidation sites excluding steroid dienone is 10. The van der Waals surface area contributed by atoms with E-state index in [1.807, 2.05) is 18.7 Å². The molecule has 0 bridgehead atoms. The smallest absolute Gasteiger partial charge is 0.253 e. The Morgan fingerprint density at radius 1 is 0.833 bits per heavy atom. The Morgan fingerprint density at radius 2 is 1.38 bits per heavy atom. The Morgan fingerprint density at radius 3 is 1.90 bits per heavy atom. The summed E-state index contributed by atoms with van der Waals surface area (Å²) in [5.74, 6) is -0.335. The summed E-state index contributed by atoms with van der Waals surface area (Å²) in [6.07, 6.45) is 32.1. The van der Waals surface area contributed by atoms with Crippen molar-refractivity contribution in [2.45, 2.75) is 78.2 Å². The topological polar surface area (TPSA) is 82.6 Å². The lowest BCUT2D eigenvalue weighted by Crippen LogP contribution is -2.57. The maximum atomic E-state index is 13.2. The van der Waals surface area contributed by atoms with Gasteiger partial charge in [-0.2, -0.15) is 0 Å². The third kappa shape index (κ3) is 13.7. The third-order valence-corrected chi connectivity index (χ3v) is 7.01. The summed E-state index contributed by atoms with van der Waals surface area (Å²) in [4.78, 5) is 46.1. The lowest BCUT2D eigenvalue weighted by molar-refractivity contribution is -0.141. The van der Waals surface area contributed by atoms with Crippen molar-refractivity contribution in [2.24, 2.45) is 5.92 Å². The summed E-state index contributed by atoms with van der Waals surface area (Å²) in [7, 11) is 0. The molecule has 3 amide bonds. The number of amides is 3. The van der Waals surface area contributed by atoms with Crippen LogP contribution in [0.15, 0.2) is 85.3 Å². The van der Waals surface area contributed by atoms with E-state index in [1.54, 1.807) is 23.2 Å². The van der Waals surface area contributed by atoms with Gasteiger partial charge in [0.1, 0.15) is 6.04 Å². The number of hydrogen-bond acceptors (Lipinski definition) is 4. The summed E-state index contributed by atoms with van der Waals surface area (Å²) in [6.45, 7) is 7.98. The average Bonchev–Trinajstić information content (AvgIpc) is 3.01. The van der Waals surface area contributed by atoms with E-state index in [0.717, 1.165) is 44.9 Å². The van der Waals surface area contributed by atoms with Gasteiger partial charge in [-0.25, -0.2) is 0 Å². The molecule has 7 nitrogen and oxygen atoms in total. The highest BCUT2D eigenvalue weighted by atomic mass is 16.2. The molecule has 1 aromatic rings. The van der Waals surface area contributed by atoms with Gasteiger partial charge in [-0.05, 0) is 63.0 Å². The van der Waals surface area contributed by atoms with Crippen LogP contribution >= 0.6 is 0 Å². The predicted molar refractivity (Wildman–Crippen MR) is 172 cm³/mol. The number of nitrogens with one attached hydrogen (secondary N) is 1. The SMILES string of the molecule is CCC=CCC=CCC=CCC=CCC=CCCCC(=O)N1CCN(C(=O)[C@@H](NC(=O)c2cccnc2)C(C)C)CC1. The molecule has 1 saturated heterocycles. The lowest BCUT2D eigenvalue weighted by atomic mass is 10.0. The number of nitrogens with zero attached hydrogens (tertiary/aromatic N) is 3. The van der Waals surface area contributed by atoms with Gasteiger partial charge in [0.05, 0.1) is 5.56 Å². The molecule has 42 heavy (non-hydrogen) atoms. The standard InChI is InChI=1S/C35H50N4O3/c1-4-5-6-7-8-9-10-11-12-13-14-15-16-17-18-19-20-23-32(40)38-25-27-39(28-26-38)35(42)33(30(2)3)37-34(41)31-22-21-24-36-29-31/h5-6,8-9,11-12,14-15,17-18,21-22,24,29-30,33H,4,7,10,13,16,19-20,23,25-28H2,1-3H3,(H,37,41)/t33-/m0/s1. The fourth-order valence-electron chi connectivity index (χ4n) is 4.51. The van der Waals surface area contributed by atoms with Crippen molar-refractivity contribution in [3.05, 3.63) is 90.9 Å². The van der Waals surface area contributed by atoms with E-state index in [9.17, 15) is 14.4 Å². The van der Waals surface area contributed by atoms with Crippen molar-refractivity contribution < 1.29 is 14.4 Å². The van der Waals surface area contributed by atoms with E-state index >= 15 is 0 Å². The summed E-state index contributed by atoms with van der Waals surface area (Å²) in [6, 6.07) is 2.75. The normalized spacial score (nSPS) is 15.2. The largest absolute Gasteiger partial charge is 0.340 e. The van der Waals surface area contributed by atoms with E-state index in [0.29, 0.717) is 38.2 Å². The lowest BCUT2D eigenvalue weighted by Gasteiger charge is -2.37. The highest BCUT2D eigenvalue weighted by Gasteiger charge is 2.31. The number of piperazine rings is 1. The van der Waals surface area contributed by atoms with Gasteiger partial charge in [-0.3, -0.25) is 19.4 Å². The van der Waals surface area contributed by atoms with E-state index in [1.165, 1.54) is 6.20 Å². The van der Waals surface area contributed by atoms with Crippen LogP contribution in [0.25, 0.3) is 0 Å². The first-order valence-electron chi connectivity index (χ1n) is 15.5. The molecule has 2 heterocycles. The Labute approximate surface area is 253 Å². The van der Waals surface area contributed by atoms with Crippen molar-refractivity contribution in [3.8, 4) is 0 Å². The van der Waals surface area contributed by atoms with Crippen molar-refractivity contribution in [2.75, 3.05) is 26.2 Å². The van der Waals surface area contributed by atoms with Crippen LogP contribution in [-0.4, -0.2) is 64.7 Å². The van der Waals surface area contributed by atoms with Crippen LogP contribution in [0.4, 0.5) is 0 Å². The van der Waals surface area contributed by atoms with Crippen molar-refractivity contribution in [1.82, 2.24) is 20.1 Å². The van der Waals surface area contributed by atoms with Crippen LogP contribution in [0.2, 0.25) is 0 Å². The fourth-order valence-corrected chi connectivity index (χ4v) is 4.51. The van der Waals surface area contributed by atoms with Crippen molar-refractivity contribution in [1.29, 1.82) is 0 Å². The van der Waals surface area contributed by atoms with Gasteiger partial charge < -0.3 is 15.1 Å². The van der Waals surface area contributed by atoms with Crippen LogP contribution in [0, 0.1) is 5.92 Å². The van der Waals surface area contributed by atoms with Crippen LogP contribution in [0.5, 0.6) is 0 Å². The summed E-state index contributed by atoms with van der Waals surface area (Å²) in [5.41, 5.74) is 0.427. The number of rotatable bonds is 17. The summed E-state index contributed by atoms with van der Waals surface area (Å²) in [5, 5.41) is 2.87. The molecule has 0 spiro atoms. The summed E-state index contributed by atoms with van der Waals surface area (Å²) < 4.78 is 0. The number of carbonyl (C=O) groups excluding carboxylic acids is 3. The zero-order valence-corrected chi connectivity index (χ0v) is 25.8. The maximum Gasteiger partial charge on any atom is 0.253 e. The minimum atomic E-state index is -0.622. The molecule has 1 aliphatic rings. The molecule has 7 heteroatoms. The van der Waals surface area contributed by atoms with Crippen LogP contribution in [-0.2, 0) is 9.59 Å². The molecule has 1 aromatic heterocycles. The van der Waals surface area contributed by atoms with Gasteiger partial charge in [-0.15, -0.1) is 0 Å². The molecular weight excluding hydrogens is 524 g/mol. The van der Waals surface area contributed by atoms with Crippen LogP contribution in [0.3, 0.4) is 0 Å². The molecule has 2 rings (SSSR count). The first-order valence-corrected chi connectivity index (χ1v) is 15.5. The Balaban J connectivity index is 1.59. The van der Waals surface area contributed by atoms with Gasteiger partial charge in [0.15, 0.2) is 0 Å². The molecule has 0 aromatic carbocycles. The van der Waals surface area contributed by atoms with Gasteiger partial charge in [0.25, 0.3) is 5.91 Å². The first-order chi connectivity index (χ1) is 20.4. The molecule has 0 aliphatic carbocycles. The van der Waals surface area contributed by atoms with Crippen molar-refractivity contribution >= 4 is 17.7 Å². The van der Waals surface area contributed by atoms with Crippen LogP contribution < -0.4 is 5.32 Å². The third-order valence-electron chi connectivity index (χ3n) is 7.01. The first kappa shape index (κ1) is 34.5. The second kappa shape index (κ2) is 21.0. The Bertz CT molecular complexity index is 1080. The Hall–Kier alpha value is -3.74. The van der Waals surface area contributed by atoms with Crippen LogP contribution in [0.1, 0.15) is 82.5 Å². The minimum absolute atomic E-state index is 0.0614. The monoisotopic (exact) mass is 574 g/mol. The fraction of sp³-hybridized carbons (Fsp3) is 0.486. The minimum Gasteiger partial charge on any atom is -0.340 e. The summed E-state index contributed by atoms with van der Waals surface area (Å²) >= 11 is 0. The number of carbonyl (C=O) groups is 3. The van der Waals surface area contributed by atoms with E-state index in [-0.39, 0.29) is 23.6 Å². The molecule has 1 atom stereocenters. The van der Waals surface area contributed by atoms with E-state index in [2.05, 4.69) is 78.0 Å². The molecule has 1 aliphatic heterocycles. The number of hydrogen-bond donors (Lipinski definition) is 1. The van der Waals surface area contributed by atoms with Gasteiger partial charge in [-0.1, -0.05) is 81.5 Å². The number of pyridine rings is 1. The molecule has 1 fully saturated rings. The zero-order valence-electron chi connectivity index (χ0n) is 25.8. The molecule has 0 unspecified atom stereocenters. The van der Waals surface area contributed by atoms with E-state index < -0.39 is 6.04 Å². The van der Waals surface area contributed by atoms with Gasteiger partial charge >= 0.3 is 0 Å². The average molecular weight is 575 g/mol. The van der Waals surface area contributed by atoms with Gasteiger partial charge in [0.2, 0.25) is 11.8 Å². The van der Waals surface area contributed by atoms with Crippen molar-refractivity contribution in [3.63, 3.8) is 0 Å². The second-order valence-corrected chi connectivity index (χ2v) is 10.7. The highest BCUT2D eigenvalue weighted by molar-refractivity contribution is 5.97. The predicted octanol–water partition coefficient (Wildman–Crippen LogP) is 6.43.